The van der Waals surface area contributed by atoms with E-state index in [9.17, 15) is 0 Å². The zero-order valence-electron chi connectivity index (χ0n) is 12.2. The Morgan fingerprint density at radius 3 is 2.56 bits per heavy atom. The van der Waals surface area contributed by atoms with Gasteiger partial charge in [0.1, 0.15) is 0 Å². The first kappa shape index (κ1) is 14.0. The third kappa shape index (κ3) is 2.93. The lowest BCUT2D eigenvalue weighted by molar-refractivity contribution is 0.479. The molecule has 0 nitrogen and oxygen atoms in total. The highest BCUT2D eigenvalue weighted by Gasteiger charge is 2.24. The molecule has 0 saturated carbocycles. The van der Waals surface area contributed by atoms with Crippen LogP contribution in [0.3, 0.4) is 0 Å². The van der Waals surface area contributed by atoms with Crippen LogP contribution in [-0.2, 0) is 6.42 Å². The molecule has 0 fully saturated rings. The van der Waals surface area contributed by atoms with Gasteiger partial charge in [-0.1, -0.05) is 45.9 Å². The van der Waals surface area contributed by atoms with Crippen LogP contribution in [0.4, 0.5) is 0 Å². The number of aryl methyl sites for hydroxylation is 1. The van der Waals surface area contributed by atoms with Gasteiger partial charge in [-0.2, -0.15) is 11.8 Å². The summed E-state index contributed by atoms with van der Waals surface area (Å²) in [5, 5.41) is 0. The van der Waals surface area contributed by atoms with Crippen molar-refractivity contribution >= 4 is 11.8 Å². The van der Waals surface area contributed by atoms with Crippen molar-refractivity contribution in [3.63, 3.8) is 0 Å². The topological polar surface area (TPSA) is 0 Å². The third-order valence-corrected chi connectivity index (χ3v) is 5.13. The molecule has 1 atom stereocenters. The van der Waals surface area contributed by atoms with Crippen LogP contribution in [0.1, 0.15) is 62.6 Å². The minimum absolute atomic E-state index is 0.647. The van der Waals surface area contributed by atoms with E-state index in [-0.39, 0.29) is 0 Å². The average Bonchev–Trinajstić information content (AvgIpc) is 2.28. The largest absolute Gasteiger partial charge is 0.162 e. The molecule has 18 heavy (non-hydrogen) atoms. The summed E-state index contributed by atoms with van der Waals surface area (Å²) in [7, 11) is 0. The highest BCUT2D eigenvalue weighted by molar-refractivity contribution is 7.99. The zero-order chi connectivity index (χ0) is 13.1. The van der Waals surface area contributed by atoms with Crippen molar-refractivity contribution in [3.8, 4) is 0 Å². The Hall–Kier alpha value is -0.430. The van der Waals surface area contributed by atoms with Crippen LogP contribution < -0.4 is 0 Å². The number of hydrogen-bond acceptors (Lipinski definition) is 1. The van der Waals surface area contributed by atoms with E-state index in [2.05, 4.69) is 57.7 Å². The monoisotopic (exact) mass is 262 g/mol. The van der Waals surface area contributed by atoms with Crippen LogP contribution in [-0.4, -0.2) is 11.5 Å². The summed E-state index contributed by atoms with van der Waals surface area (Å²) in [5.74, 6) is 4.77. The molecule has 0 aliphatic carbocycles. The van der Waals surface area contributed by atoms with Gasteiger partial charge < -0.3 is 0 Å². The molecule has 0 bridgehead atoms. The van der Waals surface area contributed by atoms with E-state index in [4.69, 9.17) is 0 Å². The normalized spacial score (nSPS) is 20.7. The van der Waals surface area contributed by atoms with Crippen molar-refractivity contribution in [1.82, 2.24) is 0 Å². The van der Waals surface area contributed by atoms with Gasteiger partial charge in [-0.05, 0) is 58.8 Å². The summed E-state index contributed by atoms with van der Waals surface area (Å²) in [6.07, 6.45) is 2.60. The Morgan fingerprint density at radius 1 is 1.11 bits per heavy atom. The first-order chi connectivity index (χ1) is 8.61. The molecule has 0 radical (unpaired) electrons. The van der Waals surface area contributed by atoms with E-state index < -0.39 is 0 Å². The Morgan fingerprint density at radius 2 is 1.89 bits per heavy atom. The lowest BCUT2D eigenvalue weighted by Crippen LogP contribution is -2.16. The van der Waals surface area contributed by atoms with Crippen LogP contribution >= 0.6 is 11.8 Å². The summed E-state index contributed by atoms with van der Waals surface area (Å²) in [5.41, 5.74) is 4.91. The molecule has 0 saturated heterocycles. The predicted molar refractivity (Wildman–Crippen MR) is 83.8 cm³/mol. The average molecular weight is 262 g/mol. The third-order valence-electron chi connectivity index (χ3n) is 4.12. The molecule has 100 valence electrons. The van der Waals surface area contributed by atoms with Gasteiger partial charge in [0.25, 0.3) is 0 Å². The van der Waals surface area contributed by atoms with Gasteiger partial charge in [-0.3, -0.25) is 0 Å². The Labute approximate surface area is 117 Å². The molecule has 1 aromatic rings. The number of fused-ring (bicyclic) bond motifs is 1. The molecule has 2 rings (SSSR count). The molecular formula is C17H26S. The molecular weight excluding hydrogens is 236 g/mol. The molecule has 0 amide bonds. The minimum Gasteiger partial charge on any atom is -0.162 e. The van der Waals surface area contributed by atoms with Crippen LogP contribution in [0.2, 0.25) is 0 Å². The summed E-state index contributed by atoms with van der Waals surface area (Å²) >= 11 is 2.13. The zero-order valence-corrected chi connectivity index (χ0v) is 13.0. The highest BCUT2D eigenvalue weighted by atomic mass is 32.2. The van der Waals surface area contributed by atoms with Crippen LogP contribution in [0.5, 0.6) is 0 Å². The minimum atomic E-state index is 0.647. The van der Waals surface area contributed by atoms with Crippen LogP contribution in [0.25, 0.3) is 0 Å². The van der Waals surface area contributed by atoms with E-state index in [1.165, 1.54) is 24.3 Å². The van der Waals surface area contributed by atoms with Gasteiger partial charge in [-0.15, -0.1) is 0 Å². The number of thioether (sulfide) groups is 1. The quantitative estimate of drug-likeness (QED) is 0.703. The first-order valence-electron chi connectivity index (χ1n) is 7.30. The number of hydrogen-bond donors (Lipinski definition) is 0. The van der Waals surface area contributed by atoms with Crippen LogP contribution in [0, 0.1) is 5.92 Å². The second kappa shape index (κ2) is 6.14. The van der Waals surface area contributed by atoms with Gasteiger partial charge in [0, 0.05) is 0 Å². The maximum Gasteiger partial charge on any atom is -0.00269 e. The van der Waals surface area contributed by atoms with E-state index in [0.717, 1.165) is 11.8 Å². The fraction of sp³-hybridized carbons (Fsp3) is 0.647. The Kier molecular flexibility index (Phi) is 4.77. The van der Waals surface area contributed by atoms with Gasteiger partial charge in [-0.25, -0.2) is 0 Å². The first-order valence-corrected chi connectivity index (χ1v) is 8.46. The molecule has 0 spiro atoms. The van der Waals surface area contributed by atoms with E-state index in [1.807, 2.05) is 0 Å². The standard InChI is InChI=1S/C17H26S/c1-12(2)15-7-5-6-14-8-10-18-11-9-16(13(3)4)17(14)15/h5-7,12-13,16H,8-11H2,1-4H3. The van der Waals surface area contributed by atoms with Crippen molar-refractivity contribution in [3.05, 3.63) is 34.9 Å². The van der Waals surface area contributed by atoms with Gasteiger partial charge in [0.2, 0.25) is 0 Å². The summed E-state index contributed by atoms with van der Waals surface area (Å²) in [6, 6.07) is 6.98. The molecule has 1 heterocycles. The van der Waals surface area contributed by atoms with Crippen molar-refractivity contribution in [2.24, 2.45) is 5.92 Å². The SMILES string of the molecule is CC(C)c1cccc2c1C(C(C)C)CCSCC2. The molecule has 1 heteroatoms. The molecule has 0 N–H and O–H groups in total. The second-order valence-corrected chi connectivity index (χ2v) is 7.30. The highest BCUT2D eigenvalue weighted by Crippen LogP contribution is 2.38. The second-order valence-electron chi connectivity index (χ2n) is 6.08. The van der Waals surface area contributed by atoms with E-state index in [0.29, 0.717) is 5.92 Å². The van der Waals surface area contributed by atoms with Gasteiger partial charge >= 0.3 is 0 Å². The lowest BCUT2D eigenvalue weighted by Gasteiger charge is -2.30. The molecule has 1 unspecified atom stereocenters. The Balaban J connectivity index is 2.51. The summed E-state index contributed by atoms with van der Waals surface area (Å²) < 4.78 is 0. The van der Waals surface area contributed by atoms with Crippen LogP contribution in [0.15, 0.2) is 18.2 Å². The van der Waals surface area contributed by atoms with Crippen molar-refractivity contribution in [1.29, 1.82) is 0 Å². The maximum atomic E-state index is 2.39. The van der Waals surface area contributed by atoms with Crippen molar-refractivity contribution in [2.45, 2.75) is 52.4 Å². The molecule has 0 aromatic heterocycles. The van der Waals surface area contributed by atoms with Gasteiger partial charge in [0.15, 0.2) is 0 Å². The van der Waals surface area contributed by atoms with Crippen molar-refractivity contribution in [2.75, 3.05) is 11.5 Å². The predicted octanol–water partition coefficient (Wildman–Crippen LogP) is 5.23. The summed E-state index contributed by atoms with van der Waals surface area (Å²) in [4.78, 5) is 0. The van der Waals surface area contributed by atoms with Gasteiger partial charge in [0.05, 0.1) is 0 Å². The fourth-order valence-corrected chi connectivity index (χ4v) is 4.10. The molecule has 1 aliphatic rings. The van der Waals surface area contributed by atoms with E-state index in [1.54, 1.807) is 16.7 Å². The lowest BCUT2D eigenvalue weighted by atomic mass is 9.78. The molecule has 1 aromatic carbocycles. The fourth-order valence-electron chi connectivity index (χ4n) is 3.11. The Bertz CT molecular complexity index is 393. The molecule has 1 aliphatic heterocycles. The summed E-state index contributed by atoms with van der Waals surface area (Å²) in [6.45, 7) is 9.44. The number of rotatable bonds is 2. The smallest absolute Gasteiger partial charge is 0.00269 e. The van der Waals surface area contributed by atoms with Crippen molar-refractivity contribution < 1.29 is 0 Å². The van der Waals surface area contributed by atoms with E-state index >= 15 is 0 Å². The maximum absolute atomic E-state index is 2.39. The number of benzene rings is 1.